The Morgan fingerprint density at radius 2 is 0.507 bits per heavy atom. The van der Waals surface area contributed by atoms with Crippen LogP contribution in [-0.4, -0.2) is 37.2 Å². The van der Waals surface area contributed by atoms with Crippen molar-refractivity contribution in [2.24, 2.45) is 0 Å². The van der Waals surface area contributed by atoms with Crippen LogP contribution >= 0.6 is 0 Å². The maximum absolute atomic E-state index is 12.8. The number of ether oxygens (including phenoxy) is 3. The average molecular weight is 1000 g/mol. The molecule has 0 amide bonds. The van der Waals surface area contributed by atoms with Gasteiger partial charge in [0.15, 0.2) is 6.10 Å². The third-order valence-corrected chi connectivity index (χ3v) is 10.9. The molecular formula is C67H100O6. The number of hydrogen-bond acceptors (Lipinski definition) is 6. The lowest BCUT2D eigenvalue weighted by molar-refractivity contribution is -0.167. The molecule has 0 N–H and O–H groups in total. The van der Waals surface area contributed by atoms with E-state index in [1.54, 1.807) is 0 Å². The summed E-state index contributed by atoms with van der Waals surface area (Å²) in [5.41, 5.74) is 0. The highest BCUT2D eigenvalue weighted by molar-refractivity contribution is 5.71. The summed E-state index contributed by atoms with van der Waals surface area (Å²) in [6, 6.07) is 0. The van der Waals surface area contributed by atoms with E-state index >= 15 is 0 Å². The molecule has 1 atom stereocenters. The Labute approximate surface area is 446 Å². The van der Waals surface area contributed by atoms with Gasteiger partial charge in [-0.05, 0) is 141 Å². The minimum atomic E-state index is -0.851. The quantitative estimate of drug-likeness (QED) is 0.0262. The van der Waals surface area contributed by atoms with Crippen LogP contribution in [0, 0.1) is 0 Å². The van der Waals surface area contributed by atoms with Gasteiger partial charge in [-0.25, -0.2) is 0 Å². The van der Waals surface area contributed by atoms with Crippen LogP contribution in [0.25, 0.3) is 0 Å². The number of carbonyl (C=O) groups excluding carboxylic acids is 3. The Balaban J connectivity index is 4.63. The van der Waals surface area contributed by atoms with E-state index < -0.39 is 12.1 Å². The zero-order chi connectivity index (χ0) is 52.9. The van der Waals surface area contributed by atoms with Gasteiger partial charge in [0.1, 0.15) is 13.2 Å². The van der Waals surface area contributed by atoms with Crippen molar-refractivity contribution in [2.75, 3.05) is 13.2 Å². The lowest BCUT2D eigenvalue weighted by atomic mass is 10.1. The van der Waals surface area contributed by atoms with Crippen molar-refractivity contribution in [3.8, 4) is 0 Å². The van der Waals surface area contributed by atoms with E-state index in [-0.39, 0.29) is 38.0 Å². The molecule has 0 saturated carbocycles. The van der Waals surface area contributed by atoms with Crippen molar-refractivity contribution in [1.29, 1.82) is 0 Å². The minimum Gasteiger partial charge on any atom is -0.462 e. The van der Waals surface area contributed by atoms with Gasteiger partial charge in [0, 0.05) is 19.3 Å². The summed E-state index contributed by atoms with van der Waals surface area (Å²) in [4.78, 5) is 38.1. The third kappa shape index (κ3) is 57.3. The second-order valence-corrected chi connectivity index (χ2v) is 17.7. The van der Waals surface area contributed by atoms with E-state index in [2.05, 4.69) is 203 Å². The first-order valence-electron chi connectivity index (χ1n) is 28.3. The van der Waals surface area contributed by atoms with E-state index in [1.807, 2.05) is 0 Å². The van der Waals surface area contributed by atoms with Crippen molar-refractivity contribution in [3.63, 3.8) is 0 Å². The van der Waals surface area contributed by atoms with Crippen molar-refractivity contribution in [1.82, 2.24) is 0 Å². The van der Waals surface area contributed by atoms with Gasteiger partial charge >= 0.3 is 17.9 Å². The minimum absolute atomic E-state index is 0.139. The van der Waals surface area contributed by atoms with Crippen LogP contribution in [0.1, 0.15) is 201 Å². The van der Waals surface area contributed by atoms with E-state index in [4.69, 9.17) is 14.2 Å². The van der Waals surface area contributed by atoms with Crippen LogP contribution in [0.3, 0.4) is 0 Å². The predicted molar refractivity (Wildman–Crippen MR) is 315 cm³/mol. The standard InChI is InChI=1S/C67H100O6/c1-4-7-10-13-16-19-22-25-28-31-32-33-34-37-39-42-45-48-51-54-57-60-66(69)72-63-64(73-67(70)61-58-55-52-49-46-43-40-36-30-27-24-21-18-15-12-9-6-3)62-71-65(68)59-56-53-50-47-44-41-38-35-29-26-23-20-17-14-11-8-5-2/h7-12,16-21,25-30,32-33,37-41,43,47,49-50,52,64H,4-6,13-15,22-24,31,34-36,42,44-46,48,51,53-63H2,1-3H3/b10-7-,11-8-,12-9-,19-16-,20-17-,21-18-,28-25-,29-26-,30-27-,33-32-,39-37-,41-38-,43-40-,50-47-,52-49-. The number of unbranched alkanes of at least 4 members (excludes halogenated alkanes) is 7. The molecule has 1 unspecified atom stereocenters. The van der Waals surface area contributed by atoms with Crippen LogP contribution in [0.4, 0.5) is 0 Å². The van der Waals surface area contributed by atoms with Crippen molar-refractivity contribution < 1.29 is 28.6 Å². The topological polar surface area (TPSA) is 78.9 Å². The van der Waals surface area contributed by atoms with Gasteiger partial charge in [0.25, 0.3) is 0 Å². The zero-order valence-electron chi connectivity index (χ0n) is 46.1. The van der Waals surface area contributed by atoms with Gasteiger partial charge < -0.3 is 14.2 Å². The molecule has 0 bridgehead atoms. The van der Waals surface area contributed by atoms with Crippen LogP contribution in [0.5, 0.6) is 0 Å². The fraction of sp³-hybridized carbons (Fsp3) is 0.507. The molecule has 0 aliphatic heterocycles. The second-order valence-electron chi connectivity index (χ2n) is 17.7. The lowest BCUT2D eigenvalue weighted by Crippen LogP contribution is -2.30. The Kier molecular flexibility index (Phi) is 54.6. The van der Waals surface area contributed by atoms with Gasteiger partial charge in [-0.1, -0.05) is 222 Å². The Morgan fingerprint density at radius 1 is 0.274 bits per heavy atom. The largest absolute Gasteiger partial charge is 0.462 e. The zero-order valence-corrected chi connectivity index (χ0v) is 46.1. The summed E-state index contributed by atoms with van der Waals surface area (Å²) >= 11 is 0. The summed E-state index contributed by atoms with van der Waals surface area (Å²) in [5, 5.41) is 0. The Morgan fingerprint density at radius 3 is 0.822 bits per heavy atom. The first-order chi connectivity index (χ1) is 36.0. The SMILES string of the molecule is CC/C=C\C/C=C\C/C=C\C/C=C\C/C=C\CCCCCCCC(=O)OCC(COC(=O)CCC/C=C\C/C=C\C/C=C\C/C=C\C/C=C\CC)OC(=O)CCC/C=C\C/C=C\C/C=C\C/C=C\C/C=C\CC. The smallest absolute Gasteiger partial charge is 0.306 e. The highest BCUT2D eigenvalue weighted by Gasteiger charge is 2.19. The highest BCUT2D eigenvalue weighted by atomic mass is 16.6. The summed E-state index contributed by atoms with van der Waals surface area (Å²) < 4.78 is 16.7. The summed E-state index contributed by atoms with van der Waals surface area (Å²) in [5.74, 6) is -1.09. The molecule has 0 saturated heterocycles. The van der Waals surface area contributed by atoms with Gasteiger partial charge in [-0.3, -0.25) is 14.4 Å². The number of rotatable bonds is 48. The normalized spacial score (nSPS) is 13.5. The lowest BCUT2D eigenvalue weighted by Gasteiger charge is -2.18. The summed E-state index contributed by atoms with van der Waals surface area (Å²) in [6.45, 7) is 6.16. The van der Waals surface area contributed by atoms with Gasteiger partial charge in [-0.2, -0.15) is 0 Å². The van der Waals surface area contributed by atoms with Crippen molar-refractivity contribution in [2.45, 2.75) is 207 Å². The van der Waals surface area contributed by atoms with Crippen LogP contribution < -0.4 is 0 Å². The molecule has 6 nitrogen and oxygen atoms in total. The molecular weight excluding hydrogens is 901 g/mol. The van der Waals surface area contributed by atoms with Gasteiger partial charge in [-0.15, -0.1) is 0 Å². The van der Waals surface area contributed by atoms with Crippen molar-refractivity contribution in [3.05, 3.63) is 182 Å². The summed E-state index contributed by atoms with van der Waals surface area (Å²) in [6.07, 6.45) is 88.9. The van der Waals surface area contributed by atoms with Gasteiger partial charge in [0.05, 0.1) is 0 Å². The fourth-order valence-corrected chi connectivity index (χ4v) is 6.77. The molecule has 0 spiro atoms. The first kappa shape index (κ1) is 67.5. The molecule has 0 aliphatic rings. The molecule has 6 heteroatoms. The monoisotopic (exact) mass is 1000 g/mol. The average Bonchev–Trinajstić information content (AvgIpc) is 3.39. The first-order valence-corrected chi connectivity index (χ1v) is 28.3. The second kappa shape index (κ2) is 59.1. The maximum atomic E-state index is 12.8. The molecule has 0 aromatic heterocycles. The molecule has 0 heterocycles. The van der Waals surface area contributed by atoms with Crippen LogP contribution in [-0.2, 0) is 28.6 Å². The number of esters is 3. The van der Waals surface area contributed by atoms with E-state index in [9.17, 15) is 14.4 Å². The van der Waals surface area contributed by atoms with Crippen LogP contribution in [0.2, 0.25) is 0 Å². The predicted octanol–water partition coefficient (Wildman–Crippen LogP) is 19.3. The third-order valence-electron chi connectivity index (χ3n) is 10.9. The van der Waals surface area contributed by atoms with E-state index in [0.29, 0.717) is 19.3 Å². The van der Waals surface area contributed by atoms with Crippen molar-refractivity contribution >= 4 is 17.9 Å². The molecule has 0 aromatic rings. The van der Waals surface area contributed by atoms with Gasteiger partial charge in [0.2, 0.25) is 0 Å². The number of allylic oxidation sites excluding steroid dienone is 30. The molecule has 404 valence electrons. The Bertz CT molecular complexity index is 1770. The van der Waals surface area contributed by atoms with E-state index in [1.165, 1.54) is 0 Å². The highest BCUT2D eigenvalue weighted by Crippen LogP contribution is 2.11. The Hall–Kier alpha value is -5.49. The molecule has 0 radical (unpaired) electrons. The molecule has 0 aliphatic carbocycles. The molecule has 73 heavy (non-hydrogen) atoms. The molecule has 0 fully saturated rings. The molecule has 0 aromatic carbocycles. The molecule has 0 rings (SSSR count). The van der Waals surface area contributed by atoms with Crippen LogP contribution in [0.15, 0.2) is 182 Å². The van der Waals surface area contributed by atoms with E-state index in [0.717, 1.165) is 148 Å². The summed E-state index contributed by atoms with van der Waals surface area (Å²) in [7, 11) is 0. The maximum Gasteiger partial charge on any atom is 0.306 e. The number of hydrogen-bond donors (Lipinski definition) is 0. The fourth-order valence-electron chi connectivity index (χ4n) is 6.77. The number of carbonyl (C=O) groups is 3.